The maximum atomic E-state index is 12.9. The van der Waals surface area contributed by atoms with E-state index >= 15 is 0 Å². The van der Waals surface area contributed by atoms with Gasteiger partial charge in [-0.25, -0.2) is 16.8 Å². The summed E-state index contributed by atoms with van der Waals surface area (Å²) in [5, 5.41) is 16.9. The largest absolute Gasteiger partial charge is 0.405 e. The molecule has 10 aromatic rings. The number of hydrogen-bond donors (Lipinski definition) is 7. The molecular formula is C60H48Cl3F6N19O8S2. The highest BCUT2D eigenvalue weighted by atomic mass is 35.5. The highest BCUT2D eigenvalue weighted by Crippen LogP contribution is 2.28. The zero-order valence-corrected chi connectivity index (χ0v) is 54.4. The van der Waals surface area contributed by atoms with Crippen LogP contribution in [0.15, 0.2) is 168 Å². The van der Waals surface area contributed by atoms with E-state index in [9.17, 15) is 62.4 Å². The van der Waals surface area contributed by atoms with Gasteiger partial charge in [0, 0.05) is 50.3 Å². The van der Waals surface area contributed by atoms with E-state index in [-0.39, 0.29) is 100 Å². The van der Waals surface area contributed by atoms with Crippen LogP contribution >= 0.6 is 34.8 Å². The molecule has 0 aliphatic carbocycles. The summed E-state index contributed by atoms with van der Waals surface area (Å²) < 4.78 is 122. The Bertz CT molecular complexity index is 4790. The number of hydrogen-bond acceptors (Lipinski definition) is 23. The van der Waals surface area contributed by atoms with E-state index in [1.54, 1.807) is 54.7 Å². The van der Waals surface area contributed by atoms with Crippen molar-refractivity contribution in [2.45, 2.75) is 35.6 Å². The molecule has 0 fully saturated rings. The first kappa shape index (κ1) is 72.8. The molecule has 0 saturated carbocycles. The van der Waals surface area contributed by atoms with Crippen LogP contribution in [0.1, 0.15) is 43.6 Å². The topological polar surface area (TPSA) is 375 Å². The van der Waals surface area contributed by atoms with Crippen LogP contribution in [0.4, 0.5) is 67.7 Å². The summed E-state index contributed by atoms with van der Waals surface area (Å²) in [5.41, 5.74) is 2.41. The van der Waals surface area contributed by atoms with Gasteiger partial charge in [0.2, 0.25) is 41.6 Å². The summed E-state index contributed by atoms with van der Waals surface area (Å²) in [6.07, 6.45) is -2.50. The number of nitrogens with zero attached hydrogens (tertiary/aromatic N) is 12. The number of carbonyl (C=O) groups is 4. The molecule has 0 aliphatic rings. The van der Waals surface area contributed by atoms with Crippen LogP contribution in [-0.4, -0.2) is 138 Å². The summed E-state index contributed by atoms with van der Waals surface area (Å²) in [5.74, 6) is -3.59. The third kappa shape index (κ3) is 22.0. The molecule has 0 spiro atoms. The van der Waals surface area contributed by atoms with Gasteiger partial charge in [-0.2, -0.15) is 71.2 Å². The number of carbonyl (C=O) groups excluding carboxylic acids is 4. The number of nitrogens with one attached hydrogen (secondary N) is 7. The van der Waals surface area contributed by atoms with Crippen LogP contribution < -0.4 is 37.2 Å². The molecule has 0 atom stereocenters. The van der Waals surface area contributed by atoms with Crippen molar-refractivity contribution >= 4 is 119 Å². The molecule has 38 heteroatoms. The molecule has 506 valence electrons. The third-order valence-corrected chi connectivity index (χ3v) is 15.4. The first-order chi connectivity index (χ1) is 46.3. The lowest BCUT2D eigenvalue weighted by atomic mass is 10.2. The third-order valence-electron chi connectivity index (χ3n) is 12.2. The maximum Gasteiger partial charge on any atom is 0.405 e. The minimum atomic E-state index is -4.53. The van der Waals surface area contributed by atoms with Gasteiger partial charge in [-0.1, -0.05) is 83.3 Å². The minimum Gasteiger partial charge on any atom is -0.350 e. The summed E-state index contributed by atoms with van der Waals surface area (Å²) in [6, 6.07) is 36.2. The molecular weight excluding hydrogens is 1400 g/mol. The van der Waals surface area contributed by atoms with Gasteiger partial charge in [0.05, 0.1) is 41.5 Å². The van der Waals surface area contributed by atoms with Gasteiger partial charge >= 0.3 is 12.4 Å². The van der Waals surface area contributed by atoms with Crippen molar-refractivity contribution in [1.29, 1.82) is 0 Å². The van der Waals surface area contributed by atoms with Crippen LogP contribution in [0.5, 0.6) is 0 Å². The number of sulfone groups is 2. The van der Waals surface area contributed by atoms with Crippen molar-refractivity contribution in [1.82, 2.24) is 59.8 Å². The van der Waals surface area contributed by atoms with Crippen molar-refractivity contribution in [3.8, 4) is 34.6 Å². The van der Waals surface area contributed by atoms with E-state index in [1.807, 2.05) is 35.6 Å². The Morgan fingerprint density at radius 1 is 0.408 bits per heavy atom. The molecule has 7 N–H and O–H groups in total. The number of amides is 4. The van der Waals surface area contributed by atoms with E-state index in [0.29, 0.717) is 17.9 Å². The van der Waals surface area contributed by atoms with Crippen molar-refractivity contribution in [2.24, 2.45) is 0 Å². The fourth-order valence-corrected chi connectivity index (χ4v) is 10.0. The van der Waals surface area contributed by atoms with Crippen molar-refractivity contribution in [3.05, 3.63) is 195 Å². The molecule has 0 aliphatic heterocycles. The Labute approximate surface area is 567 Å². The molecule has 4 aromatic carbocycles. The number of halogens is 9. The number of benzene rings is 4. The Balaban J connectivity index is 0.000000188. The highest BCUT2D eigenvalue weighted by Gasteiger charge is 2.29. The molecule has 0 radical (unpaired) electrons. The first-order valence-electron chi connectivity index (χ1n) is 27.7. The SMILES string of the molecule is CC(=O)Nc1ccc(C(=O)Nc2nc(NCC(F)(F)F)nc(-c3ccccn3)n2)c(Cl)c1.CS(=O)(=O)c1ccc(C(=O)Nc2nc(NCC(F)(F)F)nc(-c3ccccn3)n2)c(Cl)c1.CS(=O)(=O)c1ccc(C(=O)Nc2nc(NCc3ccccc3)nc(-c3ccccn3)n2)c(Cl)c1. The summed E-state index contributed by atoms with van der Waals surface area (Å²) >= 11 is 18.3. The lowest BCUT2D eigenvalue weighted by Crippen LogP contribution is -2.23. The van der Waals surface area contributed by atoms with Gasteiger partial charge in [-0.05, 0) is 96.6 Å². The summed E-state index contributed by atoms with van der Waals surface area (Å²) in [4.78, 5) is 98.1. The van der Waals surface area contributed by atoms with Crippen LogP contribution in [-0.2, 0) is 31.0 Å². The fraction of sp³-hybridized carbons (Fsp3) is 0.133. The van der Waals surface area contributed by atoms with E-state index in [0.717, 1.165) is 24.1 Å². The van der Waals surface area contributed by atoms with Crippen LogP contribution in [0, 0.1) is 0 Å². The summed E-state index contributed by atoms with van der Waals surface area (Å²) in [6.45, 7) is -1.02. The van der Waals surface area contributed by atoms with Gasteiger partial charge in [-0.15, -0.1) is 0 Å². The zero-order valence-electron chi connectivity index (χ0n) is 50.5. The van der Waals surface area contributed by atoms with Crippen LogP contribution in [0.3, 0.4) is 0 Å². The predicted molar refractivity (Wildman–Crippen MR) is 351 cm³/mol. The van der Waals surface area contributed by atoms with Crippen LogP contribution in [0.2, 0.25) is 15.1 Å². The Hall–Kier alpha value is -11.0. The van der Waals surface area contributed by atoms with Crippen LogP contribution in [0.25, 0.3) is 34.6 Å². The number of rotatable bonds is 19. The normalized spacial score (nSPS) is 11.3. The first-order valence-corrected chi connectivity index (χ1v) is 32.7. The Kier molecular flexibility index (Phi) is 23.9. The van der Waals surface area contributed by atoms with E-state index < -0.39 is 74.7 Å². The number of anilines is 7. The second-order valence-electron chi connectivity index (χ2n) is 19.9. The van der Waals surface area contributed by atoms with E-state index in [1.165, 1.54) is 73.9 Å². The van der Waals surface area contributed by atoms with Crippen molar-refractivity contribution in [2.75, 3.05) is 62.8 Å². The molecule has 0 bridgehead atoms. The fourth-order valence-electron chi connectivity index (χ4n) is 7.81. The quantitative estimate of drug-likeness (QED) is 0.0370. The molecule has 10 rings (SSSR count). The lowest BCUT2D eigenvalue weighted by Gasteiger charge is -2.12. The molecule has 6 heterocycles. The minimum absolute atomic E-state index is 0.0122. The monoisotopic (exact) mass is 1450 g/mol. The van der Waals surface area contributed by atoms with E-state index in [4.69, 9.17) is 34.8 Å². The molecule has 0 unspecified atom stereocenters. The molecule has 4 amide bonds. The summed E-state index contributed by atoms with van der Waals surface area (Å²) in [7, 11) is -7.01. The number of aromatic nitrogens is 12. The van der Waals surface area contributed by atoms with Gasteiger partial charge in [0.1, 0.15) is 30.2 Å². The van der Waals surface area contributed by atoms with Gasteiger partial charge in [-0.3, -0.25) is 50.1 Å². The number of alkyl halides is 6. The lowest BCUT2D eigenvalue weighted by molar-refractivity contribution is -0.116. The maximum absolute atomic E-state index is 12.9. The second kappa shape index (κ2) is 32.2. The molecule has 0 saturated heterocycles. The van der Waals surface area contributed by atoms with Crippen molar-refractivity contribution < 1.29 is 62.4 Å². The van der Waals surface area contributed by atoms with Gasteiger partial charge < -0.3 is 21.3 Å². The molecule has 6 aromatic heterocycles. The smallest absolute Gasteiger partial charge is 0.350 e. The molecule has 27 nitrogen and oxygen atoms in total. The average molecular weight is 1450 g/mol. The standard InChI is InChI=1S/C23H19ClN6O3S.C19H15ClF3N7O2.C18H14ClF3N6O3S/c1-34(32,33)16-10-11-17(18(24)13-16)21(31)29-23-28-20(19-9-5-6-12-25-19)27-22(30-23)26-14-15-7-3-2-4-8-15;1-10(31)26-11-5-6-12(13(20)8-11)16(32)29-18-28-15(14-4-2-3-7-24-14)27-17(30-18)25-9-19(21,22)23;1-32(30,31)10-5-6-11(12(19)8-10)15(29)27-17-26-14(13-4-2-3-7-23-13)25-16(28-17)24-9-18(20,21)22/h2-13H,14H2,1H3,(H2,26,27,28,29,30,31);2-8H,9H2,1H3,(H,26,31)(H2,25,27,28,29,30,32);2-8H,9H2,1H3,(H2,24,25,26,27,28,29). The molecule has 98 heavy (non-hydrogen) atoms. The Morgan fingerprint density at radius 2 is 0.745 bits per heavy atom. The predicted octanol–water partition coefficient (Wildman–Crippen LogP) is 10.8. The second-order valence-corrected chi connectivity index (χ2v) is 25.2. The van der Waals surface area contributed by atoms with Gasteiger partial charge in [0.15, 0.2) is 37.1 Å². The zero-order chi connectivity index (χ0) is 71.0. The number of pyridine rings is 3. The van der Waals surface area contributed by atoms with Crippen molar-refractivity contribution in [3.63, 3.8) is 0 Å². The van der Waals surface area contributed by atoms with E-state index in [2.05, 4.69) is 91.7 Å². The Morgan fingerprint density at radius 3 is 1.06 bits per heavy atom. The average Bonchev–Trinajstić information content (AvgIpc) is 0.833. The van der Waals surface area contributed by atoms with Gasteiger partial charge in [0.25, 0.3) is 17.7 Å². The highest BCUT2D eigenvalue weighted by molar-refractivity contribution is 7.91.